The van der Waals surface area contributed by atoms with Crippen LogP contribution in [0.15, 0.2) is 18.2 Å². The van der Waals surface area contributed by atoms with Gasteiger partial charge in [-0.25, -0.2) is 0 Å². The van der Waals surface area contributed by atoms with E-state index in [2.05, 4.69) is 25.6 Å². The zero-order valence-electron chi connectivity index (χ0n) is 16.1. The van der Waals surface area contributed by atoms with E-state index in [1.807, 2.05) is 6.07 Å². The van der Waals surface area contributed by atoms with E-state index < -0.39 is 0 Å². The van der Waals surface area contributed by atoms with Gasteiger partial charge in [0.15, 0.2) is 0 Å². The normalized spacial score (nSPS) is 14.0. The van der Waals surface area contributed by atoms with Crippen molar-refractivity contribution in [3.8, 4) is 0 Å². The molecule has 3 rings (SSSR count). The van der Waals surface area contributed by atoms with Gasteiger partial charge in [0, 0.05) is 29.6 Å². The van der Waals surface area contributed by atoms with Gasteiger partial charge in [0.05, 0.1) is 0 Å². The topological polar surface area (TPSA) is 106 Å². The van der Waals surface area contributed by atoms with Gasteiger partial charge >= 0.3 is 0 Å². The molecule has 1 heterocycles. The highest BCUT2D eigenvalue weighted by Crippen LogP contribution is 2.24. The van der Waals surface area contributed by atoms with Gasteiger partial charge in [0.25, 0.3) is 0 Å². The summed E-state index contributed by atoms with van der Waals surface area (Å²) >= 11 is 11.9. The minimum atomic E-state index is 0.153. The number of nitrogens with two attached hydrogens (primary N) is 1. The summed E-state index contributed by atoms with van der Waals surface area (Å²) in [6.07, 6.45) is 5.62. The number of amides is 1. The van der Waals surface area contributed by atoms with E-state index in [-0.39, 0.29) is 17.8 Å². The number of nitrogen functional groups attached to an aromatic ring is 1. The highest BCUT2D eigenvalue weighted by atomic mass is 35.5. The smallest absolute Gasteiger partial charge is 0.227 e. The number of aromatic nitrogens is 3. The van der Waals surface area contributed by atoms with E-state index in [0.717, 1.165) is 18.4 Å². The van der Waals surface area contributed by atoms with Crippen molar-refractivity contribution in [1.29, 1.82) is 0 Å². The summed E-state index contributed by atoms with van der Waals surface area (Å²) in [5.74, 6) is 1.71. The molecule has 0 spiro atoms. The fraction of sp³-hybridized carbons (Fsp3) is 0.474. The van der Waals surface area contributed by atoms with Crippen LogP contribution in [0.1, 0.15) is 43.5 Å². The Balaban J connectivity index is 0.000000237. The SMILES string of the molecule is CNc1nc(C)nc(N)n1.O=C(NCc1ccc(Cl)cc1Cl)C1CCCCC1. The van der Waals surface area contributed by atoms with Crippen molar-refractivity contribution in [2.75, 3.05) is 18.1 Å². The molecule has 2 aromatic rings. The quantitative estimate of drug-likeness (QED) is 0.684. The Kier molecular flexibility index (Phi) is 8.73. The van der Waals surface area contributed by atoms with Gasteiger partial charge in [0.2, 0.25) is 17.8 Å². The third-order valence-electron chi connectivity index (χ3n) is 4.43. The molecule has 28 heavy (non-hydrogen) atoms. The number of hydrogen-bond donors (Lipinski definition) is 3. The molecule has 4 N–H and O–H groups in total. The summed E-state index contributed by atoms with van der Waals surface area (Å²) in [7, 11) is 1.73. The van der Waals surface area contributed by atoms with Crippen LogP contribution < -0.4 is 16.4 Å². The lowest BCUT2D eigenvalue weighted by atomic mass is 9.88. The van der Waals surface area contributed by atoms with Crippen molar-refractivity contribution in [3.63, 3.8) is 0 Å². The van der Waals surface area contributed by atoms with Crippen LogP contribution in [0.4, 0.5) is 11.9 Å². The summed E-state index contributed by atoms with van der Waals surface area (Å²) in [5, 5.41) is 6.95. The molecule has 1 aliphatic carbocycles. The maximum Gasteiger partial charge on any atom is 0.227 e. The number of anilines is 2. The molecule has 1 aromatic heterocycles. The molecule has 0 unspecified atom stereocenters. The van der Waals surface area contributed by atoms with Crippen LogP contribution in [-0.4, -0.2) is 27.9 Å². The molecule has 0 bridgehead atoms. The number of carbonyl (C=O) groups excluding carboxylic acids is 1. The standard InChI is InChI=1S/C14H17Cl2NO.C5H9N5/c15-12-7-6-11(13(16)8-12)9-17-14(18)10-4-2-1-3-5-10;1-3-8-4(6)10-5(7-2)9-3/h6-8,10H,1-5,9H2,(H,17,18);1-2H3,(H3,6,7,8,9,10). The van der Waals surface area contributed by atoms with Crippen LogP contribution in [0, 0.1) is 12.8 Å². The van der Waals surface area contributed by atoms with Crippen LogP contribution in [-0.2, 0) is 11.3 Å². The summed E-state index contributed by atoms with van der Waals surface area (Å²) in [4.78, 5) is 23.5. The van der Waals surface area contributed by atoms with E-state index in [9.17, 15) is 4.79 Å². The van der Waals surface area contributed by atoms with E-state index in [1.54, 1.807) is 26.1 Å². The lowest BCUT2D eigenvalue weighted by Crippen LogP contribution is -2.31. The van der Waals surface area contributed by atoms with E-state index in [4.69, 9.17) is 28.9 Å². The van der Waals surface area contributed by atoms with E-state index in [1.165, 1.54) is 19.3 Å². The molecule has 1 fully saturated rings. The van der Waals surface area contributed by atoms with Gasteiger partial charge in [-0.2, -0.15) is 15.0 Å². The Morgan fingerprint density at radius 3 is 2.50 bits per heavy atom. The second-order valence-corrected chi connectivity index (χ2v) is 7.45. The first-order chi connectivity index (χ1) is 13.4. The van der Waals surface area contributed by atoms with Crippen molar-refractivity contribution in [1.82, 2.24) is 20.3 Å². The second kappa shape index (κ2) is 11.0. The number of hydrogen-bond acceptors (Lipinski definition) is 6. The zero-order chi connectivity index (χ0) is 20.5. The van der Waals surface area contributed by atoms with Crippen LogP contribution in [0.5, 0.6) is 0 Å². The molecule has 0 radical (unpaired) electrons. The van der Waals surface area contributed by atoms with Crippen LogP contribution in [0.2, 0.25) is 10.0 Å². The summed E-state index contributed by atoms with van der Waals surface area (Å²) in [6, 6.07) is 5.34. The minimum absolute atomic E-state index is 0.153. The molecule has 1 amide bonds. The summed E-state index contributed by atoms with van der Waals surface area (Å²) < 4.78 is 0. The predicted molar refractivity (Wildman–Crippen MR) is 113 cm³/mol. The van der Waals surface area contributed by atoms with E-state index in [0.29, 0.717) is 28.4 Å². The largest absolute Gasteiger partial charge is 0.368 e. The van der Waals surface area contributed by atoms with Crippen LogP contribution >= 0.6 is 23.2 Å². The van der Waals surface area contributed by atoms with E-state index >= 15 is 0 Å². The number of halogens is 2. The van der Waals surface area contributed by atoms with Gasteiger partial charge in [-0.05, 0) is 37.5 Å². The Bertz CT molecular complexity index is 776. The molecule has 0 saturated heterocycles. The molecule has 1 aliphatic rings. The fourth-order valence-electron chi connectivity index (χ4n) is 2.97. The zero-order valence-corrected chi connectivity index (χ0v) is 17.6. The fourth-order valence-corrected chi connectivity index (χ4v) is 3.45. The number of rotatable bonds is 4. The lowest BCUT2D eigenvalue weighted by Gasteiger charge is -2.20. The monoisotopic (exact) mass is 424 g/mol. The van der Waals surface area contributed by atoms with Gasteiger partial charge < -0.3 is 16.4 Å². The van der Waals surface area contributed by atoms with Gasteiger partial charge in [-0.3, -0.25) is 4.79 Å². The second-order valence-electron chi connectivity index (χ2n) is 6.60. The van der Waals surface area contributed by atoms with Gasteiger partial charge in [-0.15, -0.1) is 0 Å². The average Bonchev–Trinajstić information content (AvgIpc) is 2.67. The molecular formula is C19H26Cl2N6O. The van der Waals surface area contributed by atoms with Crippen LogP contribution in [0.3, 0.4) is 0 Å². The number of aryl methyl sites for hydroxylation is 1. The Hall–Kier alpha value is -2.12. The summed E-state index contributed by atoms with van der Waals surface area (Å²) in [6.45, 7) is 2.24. The summed E-state index contributed by atoms with van der Waals surface area (Å²) in [5.41, 5.74) is 6.24. The lowest BCUT2D eigenvalue weighted by molar-refractivity contribution is -0.126. The first-order valence-corrected chi connectivity index (χ1v) is 10.0. The molecule has 0 aliphatic heterocycles. The predicted octanol–water partition coefficient (Wildman–Crippen LogP) is 3.99. The third-order valence-corrected chi connectivity index (χ3v) is 5.02. The number of benzene rings is 1. The maximum absolute atomic E-state index is 12.0. The van der Waals surface area contributed by atoms with Crippen molar-refractivity contribution < 1.29 is 4.79 Å². The molecule has 1 saturated carbocycles. The Morgan fingerprint density at radius 2 is 1.89 bits per heavy atom. The number of nitrogens with zero attached hydrogens (tertiary/aromatic N) is 3. The van der Waals surface area contributed by atoms with Crippen molar-refractivity contribution >= 4 is 41.0 Å². The third kappa shape index (κ3) is 7.13. The molecule has 152 valence electrons. The molecule has 7 nitrogen and oxygen atoms in total. The first-order valence-electron chi connectivity index (χ1n) is 9.26. The molecular weight excluding hydrogens is 399 g/mol. The van der Waals surface area contributed by atoms with Gasteiger partial charge in [-0.1, -0.05) is 48.5 Å². The highest BCUT2D eigenvalue weighted by molar-refractivity contribution is 6.35. The Labute approximate surface area is 175 Å². The van der Waals surface area contributed by atoms with Gasteiger partial charge in [0.1, 0.15) is 5.82 Å². The number of nitrogens with one attached hydrogen (secondary N) is 2. The maximum atomic E-state index is 12.0. The minimum Gasteiger partial charge on any atom is -0.368 e. The average molecular weight is 425 g/mol. The van der Waals surface area contributed by atoms with Crippen molar-refractivity contribution in [2.24, 2.45) is 5.92 Å². The molecule has 9 heteroatoms. The Morgan fingerprint density at radius 1 is 1.18 bits per heavy atom. The van der Waals surface area contributed by atoms with Crippen LogP contribution in [0.25, 0.3) is 0 Å². The van der Waals surface area contributed by atoms with Crippen molar-refractivity contribution in [2.45, 2.75) is 45.6 Å². The highest BCUT2D eigenvalue weighted by Gasteiger charge is 2.20. The molecule has 0 atom stereocenters. The van der Waals surface area contributed by atoms with Crippen molar-refractivity contribution in [3.05, 3.63) is 39.6 Å². The molecule has 1 aromatic carbocycles. The number of carbonyl (C=O) groups is 1. The first kappa shape index (κ1) is 22.2.